The van der Waals surface area contributed by atoms with E-state index in [2.05, 4.69) is 27.1 Å². The maximum absolute atomic E-state index is 11.7. The molecule has 1 fully saturated rings. The van der Waals surface area contributed by atoms with Crippen molar-refractivity contribution in [2.24, 2.45) is 0 Å². The first-order valence-electron chi connectivity index (χ1n) is 8.13. The predicted octanol–water partition coefficient (Wildman–Crippen LogP) is 2.93. The fourth-order valence-electron chi connectivity index (χ4n) is 3.27. The number of rotatable bonds is 4. The summed E-state index contributed by atoms with van der Waals surface area (Å²) in [5.74, 6) is -0.0157. The highest BCUT2D eigenvalue weighted by molar-refractivity contribution is 5.89. The number of amides is 1. The van der Waals surface area contributed by atoms with Crippen LogP contribution in [-0.4, -0.2) is 26.2 Å². The Morgan fingerprint density at radius 1 is 1.36 bits per heavy atom. The Bertz CT molecular complexity index is 1000. The van der Waals surface area contributed by atoms with Gasteiger partial charge in [0, 0.05) is 16.6 Å². The van der Waals surface area contributed by atoms with Gasteiger partial charge >= 0.3 is 0 Å². The molecule has 0 aliphatic heterocycles. The van der Waals surface area contributed by atoms with Crippen LogP contribution in [0.4, 0.5) is 0 Å². The second-order valence-electron chi connectivity index (χ2n) is 6.41. The van der Waals surface area contributed by atoms with Crippen LogP contribution in [0.3, 0.4) is 0 Å². The average molecular weight is 334 g/mol. The molecule has 25 heavy (non-hydrogen) atoms. The number of aromatic nitrogens is 3. The minimum absolute atomic E-state index is 0.168. The van der Waals surface area contributed by atoms with Crippen molar-refractivity contribution < 1.29 is 9.90 Å². The van der Waals surface area contributed by atoms with Crippen molar-refractivity contribution in [1.82, 2.24) is 20.5 Å². The van der Waals surface area contributed by atoms with E-state index in [9.17, 15) is 9.90 Å². The van der Waals surface area contributed by atoms with Gasteiger partial charge in [-0.2, -0.15) is 0 Å². The Balaban J connectivity index is 1.80. The highest BCUT2D eigenvalue weighted by Crippen LogP contribution is 2.47. The van der Waals surface area contributed by atoms with Crippen LogP contribution in [0.5, 0.6) is 5.75 Å². The van der Waals surface area contributed by atoms with Crippen LogP contribution in [0.1, 0.15) is 24.1 Å². The molecule has 0 saturated heterocycles. The normalized spacial score (nSPS) is 15.1. The number of aryl methyl sites for hydroxylation is 1. The number of para-hydroxylation sites is 1. The van der Waals surface area contributed by atoms with E-state index in [1.165, 1.54) is 6.08 Å². The minimum Gasteiger partial charge on any atom is -0.507 e. The molecule has 6 heteroatoms. The molecule has 0 atom stereocenters. The van der Waals surface area contributed by atoms with E-state index in [0.717, 1.165) is 29.5 Å². The van der Waals surface area contributed by atoms with Gasteiger partial charge in [-0.25, -0.2) is 0 Å². The molecule has 1 aliphatic carbocycles. The Kier molecular flexibility index (Phi) is 3.35. The second-order valence-corrected chi connectivity index (χ2v) is 6.41. The van der Waals surface area contributed by atoms with Crippen molar-refractivity contribution in [2.75, 3.05) is 0 Å². The molecule has 0 unspecified atom stereocenters. The molecule has 2 heterocycles. The molecule has 0 spiro atoms. The number of phenols is 1. The van der Waals surface area contributed by atoms with E-state index in [1.807, 2.05) is 19.1 Å². The van der Waals surface area contributed by atoms with Gasteiger partial charge in [-0.15, -0.1) is 10.2 Å². The molecule has 0 bridgehead atoms. The molecule has 126 valence electrons. The first-order valence-corrected chi connectivity index (χ1v) is 8.13. The topological polar surface area (TPSA) is 90.9 Å². The van der Waals surface area contributed by atoms with Gasteiger partial charge in [-0.1, -0.05) is 18.7 Å². The van der Waals surface area contributed by atoms with Crippen LogP contribution >= 0.6 is 0 Å². The smallest absolute Gasteiger partial charge is 0.244 e. The molecule has 1 aromatic carbocycles. The van der Waals surface area contributed by atoms with Crippen LogP contribution in [0.2, 0.25) is 0 Å². The fraction of sp³-hybridized carbons (Fsp3) is 0.211. The van der Waals surface area contributed by atoms with E-state index in [4.69, 9.17) is 0 Å². The highest BCUT2D eigenvalue weighted by atomic mass is 16.3. The molecule has 1 amide bonds. The standard InChI is InChI=1S/C19H18N4O2/c1-3-16(25)21-19(8-9-19)17-11(2)13-10-14(22-23-18(13)20-17)12-6-4-5-7-15(12)24/h3-7,10,24H,1,8-9H2,2H3,(H,20,23)(H,21,25). The third-order valence-electron chi connectivity index (χ3n) is 4.77. The van der Waals surface area contributed by atoms with Gasteiger partial charge < -0.3 is 15.4 Å². The van der Waals surface area contributed by atoms with Gasteiger partial charge in [0.1, 0.15) is 5.75 Å². The largest absolute Gasteiger partial charge is 0.507 e. The Morgan fingerprint density at radius 2 is 2.12 bits per heavy atom. The summed E-state index contributed by atoms with van der Waals surface area (Å²) in [6, 6.07) is 8.96. The number of fused-ring (bicyclic) bond motifs is 1. The second kappa shape index (κ2) is 5.44. The number of aromatic hydroxyl groups is 1. The van der Waals surface area contributed by atoms with Crippen LogP contribution in [0.25, 0.3) is 22.3 Å². The molecule has 4 rings (SSSR count). The van der Waals surface area contributed by atoms with Gasteiger partial charge in [0.05, 0.1) is 11.2 Å². The molecule has 1 saturated carbocycles. The SMILES string of the molecule is C=CC(=O)NC1(c2[nH]c3nnc(-c4ccccc4O)cc3c2C)CC1. The number of phenolic OH excluding ortho intramolecular Hbond substituents is 1. The lowest BCUT2D eigenvalue weighted by molar-refractivity contribution is -0.117. The summed E-state index contributed by atoms with van der Waals surface area (Å²) in [5, 5.41) is 22.5. The number of carbonyl (C=O) groups is 1. The van der Waals surface area contributed by atoms with E-state index >= 15 is 0 Å². The van der Waals surface area contributed by atoms with Crippen LogP contribution in [0, 0.1) is 6.92 Å². The lowest BCUT2D eigenvalue weighted by Crippen LogP contribution is -2.34. The predicted molar refractivity (Wildman–Crippen MR) is 95.0 cm³/mol. The monoisotopic (exact) mass is 334 g/mol. The Hall–Kier alpha value is -3.15. The van der Waals surface area contributed by atoms with E-state index in [-0.39, 0.29) is 17.2 Å². The summed E-state index contributed by atoms with van der Waals surface area (Å²) >= 11 is 0. The minimum atomic E-state index is -0.370. The molecule has 0 radical (unpaired) electrons. The van der Waals surface area contributed by atoms with Crippen molar-refractivity contribution in [3.05, 3.63) is 54.2 Å². The zero-order valence-electron chi connectivity index (χ0n) is 13.8. The number of hydrogen-bond acceptors (Lipinski definition) is 4. The first-order chi connectivity index (χ1) is 12.0. The summed E-state index contributed by atoms with van der Waals surface area (Å²) < 4.78 is 0. The van der Waals surface area contributed by atoms with Crippen LogP contribution < -0.4 is 5.32 Å². The quantitative estimate of drug-likeness (QED) is 0.640. The third kappa shape index (κ3) is 2.46. The van der Waals surface area contributed by atoms with E-state index < -0.39 is 0 Å². The van der Waals surface area contributed by atoms with Crippen molar-refractivity contribution in [1.29, 1.82) is 0 Å². The summed E-state index contributed by atoms with van der Waals surface area (Å²) in [4.78, 5) is 15.0. The number of nitrogens with zero attached hydrogens (tertiary/aromatic N) is 2. The highest BCUT2D eigenvalue weighted by Gasteiger charge is 2.47. The van der Waals surface area contributed by atoms with E-state index in [0.29, 0.717) is 16.9 Å². The zero-order chi connectivity index (χ0) is 17.6. The Labute approximate surface area is 144 Å². The molecule has 6 nitrogen and oxygen atoms in total. The summed E-state index contributed by atoms with van der Waals surface area (Å²) in [7, 11) is 0. The van der Waals surface area contributed by atoms with Gasteiger partial charge in [0.2, 0.25) is 5.91 Å². The summed E-state index contributed by atoms with van der Waals surface area (Å²) in [5.41, 5.74) is 3.54. The van der Waals surface area contributed by atoms with Crippen molar-refractivity contribution >= 4 is 16.9 Å². The maximum atomic E-state index is 11.7. The van der Waals surface area contributed by atoms with Crippen molar-refractivity contribution in [2.45, 2.75) is 25.3 Å². The number of hydrogen-bond donors (Lipinski definition) is 3. The molecule has 1 aliphatic rings. The lowest BCUT2D eigenvalue weighted by atomic mass is 10.0. The number of H-pyrrole nitrogens is 1. The number of carbonyl (C=O) groups excluding carboxylic acids is 1. The van der Waals surface area contributed by atoms with Gasteiger partial charge in [0.15, 0.2) is 5.65 Å². The maximum Gasteiger partial charge on any atom is 0.244 e. The first kappa shape index (κ1) is 15.4. The molecular weight excluding hydrogens is 316 g/mol. The van der Waals surface area contributed by atoms with E-state index in [1.54, 1.807) is 18.2 Å². The Morgan fingerprint density at radius 3 is 2.80 bits per heavy atom. The molecule has 3 aromatic rings. The summed E-state index contributed by atoms with van der Waals surface area (Å²) in [6.45, 7) is 5.52. The average Bonchev–Trinajstić information content (AvgIpc) is 3.32. The zero-order valence-corrected chi connectivity index (χ0v) is 13.8. The number of aromatic amines is 1. The lowest BCUT2D eigenvalue weighted by Gasteiger charge is -2.16. The fourth-order valence-corrected chi connectivity index (χ4v) is 3.27. The van der Waals surface area contributed by atoms with Gasteiger partial charge in [-0.05, 0) is 49.6 Å². The molecule has 3 N–H and O–H groups in total. The summed E-state index contributed by atoms with van der Waals surface area (Å²) in [6.07, 6.45) is 3.04. The van der Waals surface area contributed by atoms with Crippen molar-refractivity contribution in [3.63, 3.8) is 0 Å². The van der Waals surface area contributed by atoms with Gasteiger partial charge in [-0.3, -0.25) is 4.79 Å². The van der Waals surface area contributed by atoms with Crippen molar-refractivity contribution in [3.8, 4) is 17.0 Å². The van der Waals surface area contributed by atoms with Gasteiger partial charge in [0.25, 0.3) is 0 Å². The molecular formula is C19H18N4O2. The van der Waals surface area contributed by atoms with Crippen LogP contribution in [0.15, 0.2) is 43.0 Å². The third-order valence-corrected chi connectivity index (χ3v) is 4.77. The number of nitrogens with one attached hydrogen (secondary N) is 2. The van der Waals surface area contributed by atoms with Crippen LogP contribution in [-0.2, 0) is 10.3 Å². The number of benzene rings is 1. The molecule has 2 aromatic heterocycles.